The molecule has 0 saturated carbocycles. The highest BCUT2D eigenvalue weighted by atomic mass is 79.9. The van der Waals surface area contributed by atoms with E-state index in [2.05, 4.69) is 68.4 Å². The quantitative estimate of drug-likeness (QED) is 0.0920. The fraction of sp³-hybridized carbons (Fsp3) is 0.308. The number of carbonyl (C=O) groups excluding carboxylic acids is 2. The summed E-state index contributed by atoms with van der Waals surface area (Å²) >= 11 is 15.4. The normalized spacial score (nSPS) is 11.4. The number of benzene rings is 5. The molecular weight excluding hydrogens is 883 g/mol. The van der Waals surface area contributed by atoms with Crippen LogP contribution in [0.5, 0.6) is 5.75 Å². The van der Waals surface area contributed by atoms with Gasteiger partial charge in [0, 0.05) is 74.5 Å². The number of ether oxygens (including phenoxy) is 2. The molecular formula is C52H57BrCl2N2O5. The summed E-state index contributed by atoms with van der Waals surface area (Å²) in [4.78, 5) is 24.8. The summed E-state index contributed by atoms with van der Waals surface area (Å²) in [5.74, 6) is -0.150. The summed E-state index contributed by atoms with van der Waals surface area (Å²) in [5, 5.41) is 14.4. The van der Waals surface area contributed by atoms with E-state index in [0.717, 1.165) is 44.8 Å². The predicted molar refractivity (Wildman–Crippen MR) is 259 cm³/mol. The number of nitrogens with zero attached hydrogens (tertiary/aromatic N) is 2. The summed E-state index contributed by atoms with van der Waals surface area (Å²) < 4.78 is 15.0. The van der Waals surface area contributed by atoms with Gasteiger partial charge in [-0.05, 0) is 132 Å². The number of aryl methyl sites for hydroxylation is 1. The van der Waals surface area contributed by atoms with Gasteiger partial charge in [0.1, 0.15) is 5.75 Å². The summed E-state index contributed by atoms with van der Waals surface area (Å²) in [6.07, 6.45) is 1.15. The van der Waals surface area contributed by atoms with Crippen molar-refractivity contribution in [2.24, 2.45) is 10.8 Å². The molecule has 2 aromatic heterocycles. The topological polar surface area (TPSA) is 82.7 Å². The molecule has 0 aliphatic heterocycles. The molecule has 0 atom stereocenters. The zero-order chi connectivity index (χ0) is 45.0. The average Bonchev–Trinajstić information content (AvgIpc) is 3.74. The molecule has 326 valence electrons. The van der Waals surface area contributed by atoms with Crippen LogP contribution in [0.25, 0.3) is 21.8 Å². The molecule has 62 heavy (non-hydrogen) atoms. The van der Waals surface area contributed by atoms with Crippen molar-refractivity contribution >= 4 is 72.9 Å². The minimum atomic E-state index is -0.649. The number of aromatic hydroxyl groups is 1. The lowest BCUT2D eigenvalue weighted by Gasteiger charge is -2.23. The lowest BCUT2D eigenvalue weighted by molar-refractivity contribution is -0.154. The fourth-order valence-corrected chi connectivity index (χ4v) is 7.87. The van der Waals surface area contributed by atoms with Crippen molar-refractivity contribution in [2.75, 3.05) is 13.2 Å². The average molecular weight is 941 g/mol. The van der Waals surface area contributed by atoms with Crippen molar-refractivity contribution in [3.63, 3.8) is 0 Å². The third-order valence-corrected chi connectivity index (χ3v) is 11.7. The van der Waals surface area contributed by atoms with E-state index in [4.69, 9.17) is 32.7 Å². The Labute approximate surface area is 384 Å². The molecule has 0 aliphatic carbocycles. The summed E-state index contributed by atoms with van der Waals surface area (Å²) in [7, 11) is 0. The number of phenols is 1. The SMILES string of the molecule is BrCc1ccccc1.CCOC(=O)C(C)(C)Cc1cc2cc(C)ccc2n1Cc1ccc(Cl)cc1.CCOC(=O)C(C)(C)Cc1cc2cc(O)ccc2n1Cc1ccc(Cl)cc1. The van der Waals surface area contributed by atoms with Gasteiger partial charge in [-0.3, -0.25) is 9.59 Å². The number of hydrogen-bond donors (Lipinski definition) is 1. The standard InChI is InChI=1S/C23H26ClNO2.C22H24ClNO3.C7H7Br/c1-5-27-22(26)23(3,4)14-20-13-18-12-16(2)6-11-21(18)25(20)15-17-7-9-19(24)10-8-17;1-4-27-21(26)22(2,3)13-18-11-16-12-19(25)9-10-20(16)24(18)14-15-5-7-17(23)8-6-15;8-6-7-4-2-1-3-5-7/h6-13H,5,14-15H2,1-4H3;5-12,25H,4,13-14H2,1-3H3;1-5H,6H2. The second-order valence-electron chi connectivity index (χ2n) is 16.7. The Morgan fingerprint density at radius 1 is 0.597 bits per heavy atom. The summed E-state index contributed by atoms with van der Waals surface area (Å²) in [6, 6.07) is 42.0. The van der Waals surface area contributed by atoms with E-state index < -0.39 is 10.8 Å². The zero-order valence-electron chi connectivity index (χ0n) is 36.7. The molecule has 10 heteroatoms. The number of hydrogen-bond acceptors (Lipinski definition) is 5. The number of rotatable bonds is 13. The smallest absolute Gasteiger partial charge is 0.311 e. The van der Waals surface area contributed by atoms with Crippen LogP contribution < -0.4 is 0 Å². The number of fused-ring (bicyclic) bond motifs is 2. The van der Waals surface area contributed by atoms with Crippen LogP contribution in [0, 0.1) is 17.8 Å². The molecule has 0 saturated heterocycles. The second-order valence-corrected chi connectivity index (χ2v) is 18.1. The van der Waals surface area contributed by atoms with Crippen molar-refractivity contribution in [3.8, 4) is 5.75 Å². The third kappa shape index (κ3) is 13.0. The van der Waals surface area contributed by atoms with Crippen LogP contribution in [-0.2, 0) is 50.3 Å². The van der Waals surface area contributed by atoms with E-state index in [-0.39, 0.29) is 17.7 Å². The number of phenolic OH excluding ortho intramolecular Hbond substituents is 1. The molecule has 0 amide bonds. The van der Waals surface area contributed by atoms with Gasteiger partial charge in [-0.25, -0.2) is 0 Å². The molecule has 1 N–H and O–H groups in total. The van der Waals surface area contributed by atoms with E-state index in [1.807, 2.05) is 120 Å². The van der Waals surface area contributed by atoms with Gasteiger partial charge in [0.05, 0.1) is 24.0 Å². The van der Waals surface area contributed by atoms with Gasteiger partial charge >= 0.3 is 11.9 Å². The Balaban J connectivity index is 0.000000199. The Morgan fingerprint density at radius 3 is 1.45 bits per heavy atom. The van der Waals surface area contributed by atoms with E-state index >= 15 is 0 Å². The van der Waals surface area contributed by atoms with Crippen molar-refractivity contribution in [1.29, 1.82) is 0 Å². The maximum absolute atomic E-state index is 12.4. The Bertz CT molecular complexity index is 2400. The van der Waals surface area contributed by atoms with Gasteiger partial charge in [0.2, 0.25) is 0 Å². The van der Waals surface area contributed by atoms with Gasteiger partial charge in [-0.1, -0.05) is 105 Å². The highest BCUT2D eigenvalue weighted by Gasteiger charge is 2.32. The molecule has 0 aliphatic rings. The maximum atomic E-state index is 12.4. The Morgan fingerprint density at radius 2 is 1.03 bits per heavy atom. The molecule has 7 nitrogen and oxygen atoms in total. The van der Waals surface area contributed by atoms with Crippen molar-refractivity contribution < 1.29 is 24.2 Å². The lowest BCUT2D eigenvalue weighted by atomic mass is 9.87. The van der Waals surface area contributed by atoms with Crippen LogP contribution in [0.2, 0.25) is 10.0 Å². The van der Waals surface area contributed by atoms with Gasteiger partial charge in [0.15, 0.2) is 0 Å². The van der Waals surface area contributed by atoms with Crippen LogP contribution in [0.1, 0.15) is 75.2 Å². The van der Waals surface area contributed by atoms with Gasteiger partial charge in [-0.15, -0.1) is 0 Å². The van der Waals surface area contributed by atoms with E-state index in [9.17, 15) is 14.7 Å². The Hall–Kier alpha value is -5.02. The van der Waals surface area contributed by atoms with E-state index in [1.165, 1.54) is 27.6 Å². The molecule has 0 unspecified atom stereocenters. The van der Waals surface area contributed by atoms with Crippen LogP contribution in [-0.4, -0.2) is 39.4 Å². The molecule has 7 rings (SSSR count). The molecule has 7 aromatic rings. The number of aromatic nitrogens is 2. The first-order valence-corrected chi connectivity index (χ1v) is 22.7. The first kappa shape index (κ1) is 48.0. The van der Waals surface area contributed by atoms with Crippen LogP contribution >= 0.6 is 39.1 Å². The number of halogens is 3. The molecule has 0 radical (unpaired) electrons. The minimum Gasteiger partial charge on any atom is -0.508 e. The van der Waals surface area contributed by atoms with Crippen LogP contribution in [0.4, 0.5) is 0 Å². The van der Waals surface area contributed by atoms with Gasteiger partial charge < -0.3 is 23.7 Å². The van der Waals surface area contributed by atoms with Crippen LogP contribution in [0.15, 0.2) is 127 Å². The fourth-order valence-electron chi connectivity index (χ4n) is 7.24. The first-order valence-electron chi connectivity index (χ1n) is 20.9. The summed E-state index contributed by atoms with van der Waals surface area (Å²) in [6.45, 7) is 15.6. The Kier molecular flexibility index (Phi) is 16.9. The van der Waals surface area contributed by atoms with E-state index in [0.29, 0.717) is 37.6 Å². The van der Waals surface area contributed by atoms with Gasteiger partial charge in [0.25, 0.3) is 0 Å². The second kappa shape index (κ2) is 21.9. The number of alkyl halides is 1. The highest BCUT2D eigenvalue weighted by Crippen LogP contribution is 2.32. The summed E-state index contributed by atoms with van der Waals surface area (Å²) in [5.41, 5.74) is 7.93. The maximum Gasteiger partial charge on any atom is 0.311 e. The minimum absolute atomic E-state index is 0.163. The molecule has 0 fully saturated rings. The molecule has 2 heterocycles. The van der Waals surface area contributed by atoms with Crippen molar-refractivity contribution in [1.82, 2.24) is 9.13 Å². The third-order valence-electron chi connectivity index (χ3n) is 10.5. The first-order chi connectivity index (χ1) is 29.5. The number of esters is 2. The largest absolute Gasteiger partial charge is 0.508 e. The highest BCUT2D eigenvalue weighted by molar-refractivity contribution is 9.08. The monoisotopic (exact) mass is 938 g/mol. The molecule has 0 bridgehead atoms. The number of carbonyl (C=O) groups is 2. The van der Waals surface area contributed by atoms with Crippen molar-refractivity contribution in [2.45, 2.75) is 79.7 Å². The molecule has 5 aromatic carbocycles. The predicted octanol–water partition coefficient (Wildman–Crippen LogP) is 13.5. The molecule has 0 spiro atoms. The van der Waals surface area contributed by atoms with Gasteiger partial charge in [-0.2, -0.15) is 0 Å². The zero-order valence-corrected chi connectivity index (χ0v) is 39.8. The van der Waals surface area contributed by atoms with Crippen LogP contribution in [0.3, 0.4) is 0 Å². The van der Waals surface area contributed by atoms with E-state index in [1.54, 1.807) is 12.1 Å². The van der Waals surface area contributed by atoms with Crippen molar-refractivity contribution in [3.05, 3.63) is 171 Å². The lowest BCUT2D eigenvalue weighted by Crippen LogP contribution is -2.30.